The molecule has 0 saturated heterocycles. The molecule has 1 unspecified atom stereocenters. The van der Waals surface area contributed by atoms with Crippen molar-refractivity contribution in [3.8, 4) is 5.88 Å². The fourth-order valence-corrected chi connectivity index (χ4v) is 2.04. The zero-order valence-electron chi connectivity index (χ0n) is 10.3. The molecule has 1 atom stereocenters. The number of aromatic nitrogens is 1. The molecular weight excluding hydrogens is 285 g/mol. The number of rotatable bonds is 4. The van der Waals surface area contributed by atoms with Crippen LogP contribution in [0.2, 0.25) is 10.0 Å². The molecule has 0 fully saturated rings. The van der Waals surface area contributed by atoms with E-state index in [9.17, 15) is 5.11 Å². The van der Waals surface area contributed by atoms with Crippen LogP contribution in [0.15, 0.2) is 36.5 Å². The number of benzene rings is 1. The lowest BCUT2D eigenvalue weighted by Crippen LogP contribution is -2.02. The lowest BCUT2D eigenvalue weighted by Gasteiger charge is -2.11. The lowest BCUT2D eigenvalue weighted by molar-refractivity contribution is 0.178. The van der Waals surface area contributed by atoms with Crippen LogP contribution >= 0.6 is 23.2 Å². The van der Waals surface area contributed by atoms with Crippen LogP contribution in [-0.4, -0.2) is 17.2 Å². The molecule has 0 aliphatic heterocycles. The van der Waals surface area contributed by atoms with E-state index < -0.39 is 6.10 Å². The SMILES string of the molecule is COc1ccc(C(O)Cc2ccc(Cl)c(Cl)c2)cn1. The van der Waals surface area contributed by atoms with Crippen molar-refractivity contribution in [1.29, 1.82) is 0 Å². The Balaban J connectivity index is 2.10. The standard InChI is InChI=1S/C14H13Cl2NO2/c1-19-14-5-3-10(8-17-14)13(18)7-9-2-4-11(15)12(16)6-9/h2-6,8,13,18H,7H2,1H3. The molecule has 0 saturated carbocycles. The Labute approximate surface area is 121 Å². The molecule has 0 aliphatic carbocycles. The second kappa shape index (κ2) is 6.24. The number of aliphatic hydroxyl groups is 1. The number of ether oxygens (including phenoxy) is 1. The van der Waals surface area contributed by atoms with Gasteiger partial charge in [0.1, 0.15) is 0 Å². The molecule has 0 amide bonds. The van der Waals surface area contributed by atoms with Gasteiger partial charge < -0.3 is 9.84 Å². The van der Waals surface area contributed by atoms with Crippen molar-refractivity contribution in [3.05, 3.63) is 57.7 Å². The molecule has 0 bridgehead atoms. The molecule has 0 aliphatic rings. The summed E-state index contributed by atoms with van der Waals surface area (Å²) >= 11 is 11.8. The topological polar surface area (TPSA) is 42.4 Å². The van der Waals surface area contributed by atoms with Crippen LogP contribution < -0.4 is 4.74 Å². The van der Waals surface area contributed by atoms with Crippen LogP contribution in [-0.2, 0) is 6.42 Å². The van der Waals surface area contributed by atoms with Gasteiger partial charge in [-0.05, 0) is 29.3 Å². The maximum absolute atomic E-state index is 10.1. The lowest BCUT2D eigenvalue weighted by atomic mass is 10.0. The van der Waals surface area contributed by atoms with Crippen molar-refractivity contribution in [2.75, 3.05) is 7.11 Å². The summed E-state index contributed by atoms with van der Waals surface area (Å²) in [6.45, 7) is 0. The predicted octanol–water partition coefficient (Wildman–Crippen LogP) is 3.67. The summed E-state index contributed by atoms with van der Waals surface area (Å²) in [4.78, 5) is 4.06. The third kappa shape index (κ3) is 3.60. The van der Waals surface area contributed by atoms with Gasteiger partial charge in [-0.2, -0.15) is 0 Å². The van der Waals surface area contributed by atoms with E-state index in [1.807, 2.05) is 6.07 Å². The highest BCUT2D eigenvalue weighted by Gasteiger charge is 2.10. The summed E-state index contributed by atoms with van der Waals surface area (Å²) in [5.41, 5.74) is 1.64. The highest BCUT2D eigenvalue weighted by molar-refractivity contribution is 6.42. The maximum atomic E-state index is 10.1. The predicted molar refractivity (Wildman–Crippen MR) is 75.9 cm³/mol. The van der Waals surface area contributed by atoms with Crippen LogP contribution in [0.4, 0.5) is 0 Å². The van der Waals surface area contributed by atoms with E-state index in [0.29, 0.717) is 22.3 Å². The van der Waals surface area contributed by atoms with Gasteiger partial charge >= 0.3 is 0 Å². The number of pyridine rings is 1. The third-order valence-electron chi connectivity index (χ3n) is 2.77. The Hall–Kier alpha value is -1.29. The van der Waals surface area contributed by atoms with E-state index in [2.05, 4.69) is 4.98 Å². The summed E-state index contributed by atoms with van der Waals surface area (Å²) in [7, 11) is 1.55. The molecule has 1 N–H and O–H groups in total. The average Bonchev–Trinajstić information content (AvgIpc) is 2.43. The molecule has 2 aromatic rings. The van der Waals surface area contributed by atoms with Gasteiger partial charge in [-0.25, -0.2) is 4.98 Å². The van der Waals surface area contributed by atoms with E-state index >= 15 is 0 Å². The number of nitrogens with zero attached hydrogens (tertiary/aromatic N) is 1. The van der Waals surface area contributed by atoms with Crippen molar-refractivity contribution in [2.24, 2.45) is 0 Å². The van der Waals surface area contributed by atoms with Gasteiger partial charge in [0.25, 0.3) is 0 Å². The fourth-order valence-electron chi connectivity index (χ4n) is 1.72. The Kier molecular flexibility index (Phi) is 4.64. The molecule has 100 valence electrons. The first-order valence-electron chi connectivity index (χ1n) is 5.72. The average molecular weight is 298 g/mol. The number of aliphatic hydroxyl groups excluding tert-OH is 1. The number of hydrogen-bond acceptors (Lipinski definition) is 3. The molecule has 1 heterocycles. The van der Waals surface area contributed by atoms with Gasteiger partial charge in [-0.1, -0.05) is 29.3 Å². The van der Waals surface area contributed by atoms with E-state index in [0.717, 1.165) is 11.1 Å². The Morgan fingerprint density at radius 1 is 1.21 bits per heavy atom. The van der Waals surface area contributed by atoms with Crippen molar-refractivity contribution in [2.45, 2.75) is 12.5 Å². The molecule has 2 rings (SSSR count). The van der Waals surface area contributed by atoms with E-state index in [4.69, 9.17) is 27.9 Å². The van der Waals surface area contributed by atoms with Gasteiger partial charge in [-0.15, -0.1) is 0 Å². The smallest absolute Gasteiger partial charge is 0.212 e. The monoisotopic (exact) mass is 297 g/mol. The van der Waals surface area contributed by atoms with Crippen LogP contribution in [0.5, 0.6) is 5.88 Å². The summed E-state index contributed by atoms with van der Waals surface area (Å²) in [5.74, 6) is 0.519. The Morgan fingerprint density at radius 3 is 2.58 bits per heavy atom. The van der Waals surface area contributed by atoms with Gasteiger partial charge in [0, 0.05) is 18.7 Å². The minimum atomic E-state index is -0.643. The van der Waals surface area contributed by atoms with Gasteiger partial charge in [-0.3, -0.25) is 0 Å². The molecule has 3 nitrogen and oxygen atoms in total. The quantitative estimate of drug-likeness (QED) is 0.936. The third-order valence-corrected chi connectivity index (χ3v) is 3.51. The minimum absolute atomic E-state index is 0.449. The highest BCUT2D eigenvalue weighted by Crippen LogP contribution is 2.25. The second-order valence-corrected chi connectivity index (χ2v) is 4.92. The first kappa shape index (κ1) is 14.1. The number of methoxy groups -OCH3 is 1. The minimum Gasteiger partial charge on any atom is -0.481 e. The largest absolute Gasteiger partial charge is 0.481 e. The molecule has 0 spiro atoms. The van der Waals surface area contributed by atoms with Crippen LogP contribution in [0.1, 0.15) is 17.2 Å². The second-order valence-electron chi connectivity index (χ2n) is 4.10. The number of halogens is 2. The molecule has 19 heavy (non-hydrogen) atoms. The molecule has 0 radical (unpaired) electrons. The Morgan fingerprint density at radius 2 is 2.00 bits per heavy atom. The van der Waals surface area contributed by atoms with Gasteiger partial charge in [0.2, 0.25) is 5.88 Å². The summed E-state index contributed by atoms with van der Waals surface area (Å²) < 4.78 is 4.97. The normalized spacial score (nSPS) is 12.2. The van der Waals surface area contributed by atoms with Crippen LogP contribution in [0.3, 0.4) is 0 Å². The summed E-state index contributed by atoms with van der Waals surface area (Å²) in [6, 6.07) is 8.82. The molecular formula is C14H13Cl2NO2. The van der Waals surface area contributed by atoms with E-state index in [-0.39, 0.29) is 0 Å². The van der Waals surface area contributed by atoms with Crippen LogP contribution in [0.25, 0.3) is 0 Å². The van der Waals surface area contributed by atoms with Crippen molar-refractivity contribution in [1.82, 2.24) is 4.98 Å². The van der Waals surface area contributed by atoms with Crippen LogP contribution in [0, 0.1) is 0 Å². The summed E-state index contributed by atoms with van der Waals surface area (Å²) in [5, 5.41) is 11.1. The summed E-state index contributed by atoms with van der Waals surface area (Å²) in [6.07, 6.45) is 1.40. The number of hydrogen-bond donors (Lipinski definition) is 1. The first-order chi connectivity index (χ1) is 9.10. The van der Waals surface area contributed by atoms with Gasteiger partial charge in [0.05, 0.1) is 23.3 Å². The molecule has 1 aromatic carbocycles. The Bertz CT molecular complexity index is 558. The zero-order valence-corrected chi connectivity index (χ0v) is 11.8. The fraction of sp³-hybridized carbons (Fsp3) is 0.214. The van der Waals surface area contributed by atoms with Crippen molar-refractivity contribution < 1.29 is 9.84 Å². The van der Waals surface area contributed by atoms with E-state index in [1.165, 1.54) is 0 Å². The van der Waals surface area contributed by atoms with Crippen molar-refractivity contribution >= 4 is 23.2 Å². The molecule has 5 heteroatoms. The first-order valence-corrected chi connectivity index (χ1v) is 6.47. The zero-order chi connectivity index (χ0) is 13.8. The highest BCUT2D eigenvalue weighted by atomic mass is 35.5. The van der Waals surface area contributed by atoms with Crippen molar-refractivity contribution in [3.63, 3.8) is 0 Å². The van der Waals surface area contributed by atoms with E-state index in [1.54, 1.807) is 37.6 Å². The van der Waals surface area contributed by atoms with Gasteiger partial charge in [0.15, 0.2) is 0 Å². The maximum Gasteiger partial charge on any atom is 0.212 e. The molecule has 1 aromatic heterocycles.